The van der Waals surface area contributed by atoms with Gasteiger partial charge in [-0.25, -0.2) is 0 Å². The molecule has 0 saturated heterocycles. The molecule has 1 aromatic heterocycles. The molecule has 2 aromatic carbocycles. The van der Waals surface area contributed by atoms with Crippen molar-refractivity contribution >= 4 is 27.5 Å². The summed E-state index contributed by atoms with van der Waals surface area (Å²) in [7, 11) is 0. The lowest BCUT2D eigenvalue weighted by Crippen LogP contribution is -2.20. The molecular formula is C22H21BrN2O2. The average molecular weight is 425 g/mol. The summed E-state index contributed by atoms with van der Waals surface area (Å²) < 4.78 is 6.68. The van der Waals surface area contributed by atoms with Gasteiger partial charge in [-0.05, 0) is 78.9 Å². The second-order valence-electron chi connectivity index (χ2n) is 6.44. The molecule has 27 heavy (non-hydrogen) atoms. The molecule has 0 saturated carbocycles. The zero-order chi connectivity index (χ0) is 19.2. The third-order valence-corrected chi connectivity index (χ3v) is 5.43. The van der Waals surface area contributed by atoms with Crippen molar-refractivity contribution in [1.29, 1.82) is 0 Å². The van der Waals surface area contributed by atoms with Crippen LogP contribution in [-0.2, 0) is 11.2 Å². The second-order valence-corrected chi connectivity index (χ2v) is 7.23. The van der Waals surface area contributed by atoms with Crippen molar-refractivity contribution in [2.75, 3.05) is 11.9 Å². The Labute approximate surface area is 167 Å². The Balaban J connectivity index is 1.53. The van der Waals surface area contributed by atoms with Gasteiger partial charge >= 0.3 is 0 Å². The Hall–Kier alpha value is -2.66. The lowest BCUT2D eigenvalue weighted by molar-refractivity contribution is -0.118. The van der Waals surface area contributed by atoms with Gasteiger partial charge in [-0.1, -0.05) is 28.1 Å². The molecule has 0 bridgehead atoms. The van der Waals surface area contributed by atoms with Crippen LogP contribution in [0.15, 0.2) is 65.4 Å². The monoisotopic (exact) mass is 424 g/mol. The molecule has 1 amide bonds. The van der Waals surface area contributed by atoms with E-state index in [4.69, 9.17) is 4.74 Å². The van der Waals surface area contributed by atoms with E-state index in [1.165, 1.54) is 11.1 Å². The highest BCUT2D eigenvalue weighted by atomic mass is 79.9. The van der Waals surface area contributed by atoms with Gasteiger partial charge in [-0.2, -0.15) is 0 Å². The fraction of sp³-hybridized carbons (Fsp3) is 0.182. The number of pyridine rings is 1. The van der Waals surface area contributed by atoms with Gasteiger partial charge < -0.3 is 10.1 Å². The summed E-state index contributed by atoms with van der Waals surface area (Å²) in [4.78, 5) is 16.2. The van der Waals surface area contributed by atoms with Crippen molar-refractivity contribution in [3.8, 4) is 5.75 Å². The number of aryl methyl sites for hydroxylation is 2. The van der Waals surface area contributed by atoms with Gasteiger partial charge in [0.25, 0.3) is 5.91 Å². The van der Waals surface area contributed by atoms with Crippen LogP contribution in [0.25, 0.3) is 0 Å². The summed E-state index contributed by atoms with van der Waals surface area (Å²) in [5.41, 5.74) is 5.29. The van der Waals surface area contributed by atoms with Crippen LogP contribution in [-0.4, -0.2) is 17.5 Å². The molecular weight excluding hydrogens is 404 g/mol. The van der Waals surface area contributed by atoms with E-state index in [0.717, 1.165) is 27.7 Å². The largest absolute Gasteiger partial charge is 0.484 e. The molecule has 3 aromatic rings. The Morgan fingerprint density at radius 2 is 1.59 bits per heavy atom. The number of hydrogen-bond acceptors (Lipinski definition) is 3. The number of amides is 1. The number of rotatable bonds is 6. The number of benzene rings is 2. The first-order valence-electron chi connectivity index (χ1n) is 8.68. The van der Waals surface area contributed by atoms with Crippen LogP contribution in [0.4, 0.5) is 5.69 Å². The number of carbonyl (C=O) groups is 1. The number of hydrogen-bond donors (Lipinski definition) is 1. The van der Waals surface area contributed by atoms with Crippen LogP contribution in [0.3, 0.4) is 0 Å². The van der Waals surface area contributed by atoms with Crippen LogP contribution < -0.4 is 10.1 Å². The maximum atomic E-state index is 12.1. The van der Waals surface area contributed by atoms with Crippen LogP contribution in [0.2, 0.25) is 0 Å². The molecule has 0 spiro atoms. The Bertz CT molecular complexity index is 902. The summed E-state index contributed by atoms with van der Waals surface area (Å²) in [6.07, 6.45) is 4.42. The summed E-state index contributed by atoms with van der Waals surface area (Å²) in [5.74, 6) is 0.506. The van der Waals surface area contributed by atoms with E-state index in [9.17, 15) is 4.79 Å². The van der Waals surface area contributed by atoms with Crippen LogP contribution in [0.1, 0.15) is 22.3 Å². The first-order valence-corrected chi connectivity index (χ1v) is 9.48. The van der Waals surface area contributed by atoms with Crippen molar-refractivity contribution in [2.45, 2.75) is 20.3 Å². The van der Waals surface area contributed by atoms with Gasteiger partial charge in [0.05, 0.1) is 0 Å². The average Bonchev–Trinajstić information content (AvgIpc) is 2.67. The first-order chi connectivity index (χ1) is 13.0. The number of anilines is 1. The zero-order valence-corrected chi connectivity index (χ0v) is 16.9. The van der Waals surface area contributed by atoms with Crippen molar-refractivity contribution in [1.82, 2.24) is 4.98 Å². The van der Waals surface area contributed by atoms with Crippen LogP contribution in [0.5, 0.6) is 5.75 Å². The maximum Gasteiger partial charge on any atom is 0.262 e. The highest BCUT2D eigenvalue weighted by Gasteiger charge is 2.07. The number of ether oxygens (including phenoxy) is 1. The number of carbonyl (C=O) groups excluding carboxylic acids is 1. The Kier molecular flexibility index (Phi) is 6.24. The van der Waals surface area contributed by atoms with E-state index in [1.807, 2.05) is 62.4 Å². The summed E-state index contributed by atoms with van der Waals surface area (Å²) in [5, 5.41) is 2.86. The van der Waals surface area contributed by atoms with Crippen molar-refractivity contribution in [2.24, 2.45) is 0 Å². The van der Waals surface area contributed by atoms with Gasteiger partial charge in [-0.3, -0.25) is 9.78 Å². The highest BCUT2D eigenvalue weighted by Crippen LogP contribution is 2.26. The second kappa shape index (κ2) is 8.82. The van der Waals surface area contributed by atoms with E-state index in [0.29, 0.717) is 5.75 Å². The molecule has 1 N–H and O–H groups in total. The normalized spacial score (nSPS) is 10.5. The molecule has 0 atom stereocenters. The molecule has 0 radical (unpaired) electrons. The molecule has 3 rings (SSSR count). The van der Waals surface area contributed by atoms with Gasteiger partial charge in [-0.15, -0.1) is 0 Å². The van der Waals surface area contributed by atoms with Crippen molar-refractivity contribution in [3.63, 3.8) is 0 Å². The van der Waals surface area contributed by atoms with E-state index in [1.54, 1.807) is 12.4 Å². The number of nitrogens with zero attached hydrogens (tertiary/aromatic N) is 1. The van der Waals surface area contributed by atoms with E-state index in [2.05, 4.69) is 26.2 Å². The third-order valence-electron chi connectivity index (χ3n) is 4.18. The SMILES string of the molecule is Cc1cc(OCC(=O)Nc2ccc(Cc3ccncc3)cc2)cc(C)c1Br. The summed E-state index contributed by atoms with van der Waals surface area (Å²) in [6.45, 7) is 3.97. The van der Waals surface area contributed by atoms with Gasteiger partial charge in [0.15, 0.2) is 6.61 Å². The molecule has 5 heteroatoms. The third kappa shape index (κ3) is 5.41. The fourth-order valence-electron chi connectivity index (χ4n) is 2.78. The molecule has 0 fully saturated rings. The summed E-state index contributed by atoms with van der Waals surface area (Å²) >= 11 is 3.53. The molecule has 138 valence electrons. The van der Waals surface area contributed by atoms with E-state index in [-0.39, 0.29) is 12.5 Å². The van der Waals surface area contributed by atoms with E-state index >= 15 is 0 Å². The summed E-state index contributed by atoms with van der Waals surface area (Å²) in [6, 6.07) is 15.7. The molecule has 4 nitrogen and oxygen atoms in total. The molecule has 0 aliphatic rings. The number of halogens is 1. The minimum absolute atomic E-state index is 0.0285. The first kappa shape index (κ1) is 19.1. The van der Waals surface area contributed by atoms with Gasteiger partial charge in [0.2, 0.25) is 0 Å². The Morgan fingerprint density at radius 3 is 2.22 bits per heavy atom. The Morgan fingerprint density at radius 1 is 1.00 bits per heavy atom. The van der Waals surface area contributed by atoms with Crippen LogP contribution >= 0.6 is 15.9 Å². The topological polar surface area (TPSA) is 51.2 Å². The zero-order valence-electron chi connectivity index (χ0n) is 15.3. The standard InChI is InChI=1S/C22H21BrN2O2/c1-15-11-20(12-16(2)22(15)23)27-14-21(26)25-19-5-3-17(4-6-19)13-18-7-9-24-10-8-18/h3-12H,13-14H2,1-2H3,(H,25,26). The predicted molar refractivity (Wildman–Crippen MR) is 111 cm³/mol. The molecule has 0 aliphatic carbocycles. The smallest absolute Gasteiger partial charge is 0.262 e. The quantitative estimate of drug-likeness (QED) is 0.600. The number of aromatic nitrogens is 1. The molecule has 0 unspecified atom stereocenters. The van der Waals surface area contributed by atoms with Crippen molar-refractivity contribution < 1.29 is 9.53 Å². The predicted octanol–water partition coefficient (Wildman–Crippen LogP) is 5.07. The van der Waals surface area contributed by atoms with Crippen molar-refractivity contribution in [3.05, 3.63) is 87.7 Å². The highest BCUT2D eigenvalue weighted by molar-refractivity contribution is 9.10. The fourth-order valence-corrected chi connectivity index (χ4v) is 3.01. The number of nitrogens with one attached hydrogen (secondary N) is 1. The molecule has 1 heterocycles. The minimum Gasteiger partial charge on any atom is -0.484 e. The van der Waals surface area contributed by atoms with E-state index < -0.39 is 0 Å². The van der Waals surface area contributed by atoms with Gasteiger partial charge in [0.1, 0.15) is 5.75 Å². The molecule has 0 aliphatic heterocycles. The minimum atomic E-state index is -0.185. The maximum absolute atomic E-state index is 12.1. The van der Waals surface area contributed by atoms with Crippen LogP contribution in [0, 0.1) is 13.8 Å². The lowest BCUT2D eigenvalue weighted by Gasteiger charge is -2.11. The van der Waals surface area contributed by atoms with Gasteiger partial charge in [0, 0.05) is 22.6 Å². The lowest BCUT2D eigenvalue weighted by atomic mass is 10.1.